The van der Waals surface area contributed by atoms with E-state index in [2.05, 4.69) is 4.74 Å². The molecule has 0 aliphatic rings. The van der Waals surface area contributed by atoms with E-state index in [0.717, 1.165) is 12.8 Å². The van der Waals surface area contributed by atoms with Crippen molar-refractivity contribution in [2.45, 2.75) is 31.9 Å². The van der Waals surface area contributed by atoms with Gasteiger partial charge in [0.2, 0.25) is 0 Å². The van der Waals surface area contributed by atoms with Crippen molar-refractivity contribution < 1.29 is 36.2 Å². The lowest BCUT2D eigenvalue weighted by molar-refractivity contribution is -0.280. The zero-order chi connectivity index (χ0) is 13.5. The van der Waals surface area contributed by atoms with Gasteiger partial charge in [0.25, 0.3) is 0 Å². The van der Waals surface area contributed by atoms with Gasteiger partial charge in [0.15, 0.2) is 0 Å². The second-order valence-electron chi connectivity index (χ2n) is 3.17. The van der Waals surface area contributed by atoms with Crippen molar-refractivity contribution in [1.82, 2.24) is 0 Å². The van der Waals surface area contributed by atoms with Gasteiger partial charge in [0, 0.05) is 6.61 Å². The average molecular weight is 264 g/mol. The summed E-state index contributed by atoms with van der Waals surface area (Å²) in [7, 11) is 0. The average Bonchev–Trinajstić information content (AvgIpc) is 2.21. The summed E-state index contributed by atoms with van der Waals surface area (Å²) in [4.78, 5) is 10.5. The van der Waals surface area contributed by atoms with Crippen molar-refractivity contribution in [3.8, 4) is 0 Å². The number of ether oxygens (including phenoxy) is 2. The molecule has 0 saturated carbocycles. The Morgan fingerprint density at radius 3 is 2.12 bits per heavy atom. The molecule has 0 fully saturated rings. The van der Waals surface area contributed by atoms with Gasteiger partial charge in [-0.3, -0.25) is 0 Å². The highest BCUT2D eigenvalue weighted by molar-refractivity contribution is 5.78. The first-order chi connectivity index (χ1) is 7.73. The highest BCUT2D eigenvalue weighted by atomic mass is 19.4. The normalized spacial score (nSPS) is 12.6. The van der Waals surface area contributed by atoms with E-state index in [0.29, 0.717) is 6.61 Å². The van der Waals surface area contributed by atoms with Gasteiger partial charge in [-0.15, -0.1) is 0 Å². The van der Waals surface area contributed by atoms with Crippen LogP contribution in [0, 0.1) is 0 Å². The number of hydrogen-bond acceptors (Lipinski definition) is 3. The fourth-order valence-corrected chi connectivity index (χ4v) is 0.748. The molecule has 0 rings (SSSR count). The van der Waals surface area contributed by atoms with Crippen LogP contribution < -0.4 is 0 Å². The molecule has 0 unspecified atom stereocenters. The summed E-state index contributed by atoms with van der Waals surface area (Å²) in [5, 5.41) is 0. The quantitative estimate of drug-likeness (QED) is 0.402. The van der Waals surface area contributed by atoms with Crippen molar-refractivity contribution in [3.63, 3.8) is 0 Å². The minimum absolute atomic E-state index is 0.209. The Hall–Kier alpha value is -0.920. The number of rotatable bonds is 7. The van der Waals surface area contributed by atoms with Crippen LogP contribution in [-0.2, 0) is 14.3 Å². The van der Waals surface area contributed by atoms with Crippen molar-refractivity contribution in [2.24, 2.45) is 0 Å². The SMILES string of the molecule is CCCCOCCOC(=O)C(F)(F)C(F)(F)F. The van der Waals surface area contributed by atoms with Crippen LogP contribution in [0.4, 0.5) is 22.0 Å². The van der Waals surface area contributed by atoms with Gasteiger partial charge in [0.1, 0.15) is 6.61 Å². The molecule has 0 aromatic carbocycles. The Bertz CT molecular complexity index is 239. The van der Waals surface area contributed by atoms with Gasteiger partial charge in [-0.2, -0.15) is 22.0 Å². The fraction of sp³-hybridized carbons (Fsp3) is 0.889. The van der Waals surface area contributed by atoms with Crippen LogP contribution >= 0.6 is 0 Å². The number of carbonyl (C=O) groups excluding carboxylic acids is 1. The van der Waals surface area contributed by atoms with Gasteiger partial charge in [0.05, 0.1) is 6.61 Å². The van der Waals surface area contributed by atoms with E-state index in [1.165, 1.54) is 0 Å². The minimum Gasteiger partial charge on any atom is -0.459 e. The molecule has 0 aromatic heterocycles. The van der Waals surface area contributed by atoms with E-state index in [-0.39, 0.29) is 6.61 Å². The summed E-state index contributed by atoms with van der Waals surface area (Å²) in [6, 6.07) is 0. The van der Waals surface area contributed by atoms with E-state index >= 15 is 0 Å². The van der Waals surface area contributed by atoms with Crippen LogP contribution in [0.15, 0.2) is 0 Å². The van der Waals surface area contributed by atoms with Crippen LogP contribution in [0.2, 0.25) is 0 Å². The third-order valence-electron chi connectivity index (χ3n) is 1.72. The monoisotopic (exact) mass is 264 g/mol. The van der Waals surface area contributed by atoms with Crippen LogP contribution in [-0.4, -0.2) is 37.9 Å². The zero-order valence-electron chi connectivity index (χ0n) is 9.15. The van der Waals surface area contributed by atoms with Crippen molar-refractivity contribution in [3.05, 3.63) is 0 Å². The molecule has 8 heteroatoms. The van der Waals surface area contributed by atoms with Crippen LogP contribution in [0.1, 0.15) is 19.8 Å². The number of halogens is 5. The van der Waals surface area contributed by atoms with Crippen molar-refractivity contribution in [2.75, 3.05) is 19.8 Å². The second kappa shape index (κ2) is 6.73. The third kappa shape index (κ3) is 5.29. The predicted octanol–water partition coefficient (Wildman–Crippen LogP) is 2.54. The van der Waals surface area contributed by atoms with Gasteiger partial charge < -0.3 is 9.47 Å². The molecule has 17 heavy (non-hydrogen) atoms. The maximum absolute atomic E-state index is 12.3. The van der Waals surface area contributed by atoms with Gasteiger partial charge >= 0.3 is 18.1 Å². The molecule has 0 spiro atoms. The molecule has 0 saturated heterocycles. The van der Waals surface area contributed by atoms with E-state index < -0.39 is 24.7 Å². The molecule has 0 N–H and O–H groups in total. The largest absolute Gasteiger partial charge is 0.465 e. The van der Waals surface area contributed by atoms with Gasteiger partial charge in [-0.25, -0.2) is 4.79 Å². The number of unbranched alkanes of at least 4 members (excludes halogenated alkanes) is 1. The smallest absolute Gasteiger partial charge is 0.459 e. The van der Waals surface area contributed by atoms with E-state index in [4.69, 9.17) is 4.74 Å². The van der Waals surface area contributed by atoms with Crippen LogP contribution in [0.25, 0.3) is 0 Å². The highest BCUT2D eigenvalue weighted by Gasteiger charge is 2.64. The molecule has 0 aliphatic carbocycles. The Labute approximate surface area is 94.9 Å². The molecule has 0 bridgehead atoms. The lowest BCUT2D eigenvalue weighted by Gasteiger charge is -2.17. The standard InChI is InChI=1S/C9H13F5O3/c1-2-3-4-16-5-6-17-7(15)8(10,11)9(12,13)14/h2-6H2,1H3. The topological polar surface area (TPSA) is 35.5 Å². The van der Waals surface area contributed by atoms with Gasteiger partial charge in [-0.1, -0.05) is 13.3 Å². The minimum atomic E-state index is -5.94. The molecule has 3 nitrogen and oxygen atoms in total. The van der Waals surface area contributed by atoms with Crippen molar-refractivity contribution in [1.29, 1.82) is 0 Å². The second-order valence-corrected chi connectivity index (χ2v) is 3.17. The number of hydrogen-bond donors (Lipinski definition) is 0. The Balaban J connectivity index is 3.87. The summed E-state index contributed by atoms with van der Waals surface area (Å²) >= 11 is 0. The number of carbonyl (C=O) groups is 1. The summed E-state index contributed by atoms with van der Waals surface area (Å²) in [6.45, 7) is 1.39. The fourth-order valence-electron chi connectivity index (χ4n) is 0.748. The molecular weight excluding hydrogens is 251 g/mol. The van der Waals surface area contributed by atoms with E-state index in [1.807, 2.05) is 6.92 Å². The van der Waals surface area contributed by atoms with E-state index in [1.54, 1.807) is 0 Å². The van der Waals surface area contributed by atoms with Crippen LogP contribution in [0.5, 0.6) is 0 Å². The summed E-state index contributed by atoms with van der Waals surface area (Å²) in [5.41, 5.74) is 0. The molecule has 0 aromatic rings. The van der Waals surface area contributed by atoms with Gasteiger partial charge in [-0.05, 0) is 6.42 Å². The molecule has 102 valence electrons. The highest BCUT2D eigenvalue weighted by Crippen LogP contribution is 2.36. The Morgan fingerprint density at radius 2 is 1.65 bits per heavy atom. The maximum atomic E-state index is 12.3. The Morgan fingerprint density at radius 1 is 1.06 bits per heavy atom. The summed E-state index contributed by atoms with van der Waals surface area (Å²) < 4.78 is 68.3. The first-order valence-electron chi connectivity index (χ1n) is 4.93. The first-order valence-corrected chi connectivity index (χ1v) is 4.93. The number of esters is 1. The lowest BCUT2D eigenvalue weighted by atomic mass is 10.3. The molecule has 0 heterocycles. The molecule has 0 amide bonds. The first kappa shape index (κ1) is 16.1. The molecule has 0 aliphatic heterocycles. The summed E-state index contributed by atoms with van der Waals surface area (Å²) in [6.07, 6.45) is -4.36. The maximum Gasteiger partial charge on any atom is 0.465 e. The lowest BCUT2D eigenvalue weighted by Crippen LogP contribution is -2.45. The summed E-state index contributed by atoms with van der Waals surface area (Å²) in [5.74, 6) is -8.08. The third-order valence-corrected chi connectivity index (χ3v) is 1.72. The van der Waals surface area contributed by atoms with Crippen LogP contribution in [0.3, 0.4) is 0 Å². The zero-order valence-corrected chi connectivity index (χ0v) is 9.15. The molecule has 0 radical (unpaired) electrons. The number of alkyl halides is 5. The Kier molecular flexibility index (Phi) is 6.36. The van der Waals surface area contributed by atoms with Crippen molar-refractivity contribution >= 4 is 5.97 Å². The molecular formula is C9H13F5O3. The molecule has 0 atom stereocenters. The predicted molar refractivity (Wildman–Crippen MR) is 47.7 cm³/mol. The van der Waals surface area contributed by atoms with E-state index in [9.17, 15) is 26.7 Å².